The molecule has 0 aliphatic rings. The highest BCUT2D eigenvalue weighted by atomic mass is 16.5. The van der Waals surface area contributed by atoms with Crippen LogP contribution >= 0.6 is 0 Å². The summed E-state index contributed by atoms with van der Waals surface area (Å²) in [5.74, 6) is -0.575. The van der Waals surface area contributed by atoms with Crippen LogP contribution in [0.1, 0.15) is 39.5 Å². The highest BCUT2D eigenvalue weighted by Crippen LogP contribution is 2.20. The van der Waals surface area contributed by atoms with E-state index in [1.807, 2.05) is 0 Å². The van der Waals surface area contributed by atoms with Crippen LogP contribution in [-0.4, -0.2) is 29.1 Å². The Morgan fingerprint density at radius 2 is 2.06 bits per heavy atom. The van der Waals surface area contributed by atoms with Crippen molar-refractivity contribution >= 4 is 5.91 Å². The highest BCUT2D eigenvalue weighted by molar-refractivity contribution is 5.78. The van der Waals surface area contributed by atoms with Crippen molar-refractivity contribution in [2.75, 3.05) is 6.67 Å². The van der Waals surface area contributed by atoms with Crippen LogP contribution in [0.15, 0.2) is 0 Å². The van der Waals surface area contributed by atoms with Gasteiger partial charge in [0, 0.05) is 11.8 Å². The van der Waals surface area contributed by atoms with E-state index in [1.165, 1.54) is 0 Å². The van der Waals surface area contributed by atoms with Gasteiger partial charge in [-0.15, -0.1) is 0 Å². The molecule has 0 radical (unpaired) electrons. The lowest BCUT2D eigenvalue weighted by molar-refractivity contribution is -0.127. The fraction of sp³-hybridized carbons (Fsp3) is 0.909. The number of carbonyl (C=O) groups excluding carboxylic acids is 1. The number of aliphatic hydroxyl groups is 2. The lowest BCUT2D eigenvalue weighted by Crippen LogP contribution is -2.36. The van der Waals surface area contributed by atoms with Crippen molar-refractivity contribution in [1.82, 2.24) is 5.32 Å². The molecule has 0 aromatic carbocycles. The van der Waals surface area contributed by atoms with Gasteiger partial charge >= 0.3 is 0 Å². The average molecular weight is 232 g/mol. The molecule has 5 N–H and O–H groups in total. The molecular formula is C11H24N2O3. The quantitative estimate of drug-likeness (QED) is 0.448. The Labute approximate surface area is 97.0 Å². The Morgan fingerprint density at radius 3 is 2.50 bits per heavy atom. The summed E-state index contributed by atoms with van der Waals surface area (Å²) < 4.78 is 0. The maximum atomic E-state index is 11.7. The van der Waals surface area contributed by atoms with Crippen LogP contribution in [0.25, 0.3) is 0 Å². The lowest BCUT2D eigenvalue weighted by Gasteiger charge is -2.21. The van der Waals surface area contributed by atoms with Gasteiger partial charge in [0.25, 0.3) is 0 Å². The first-order valence-corrected chi connectivity index (χ1v) is 5.86. The number of nitrogens with one attached hydrogen (secondary N) is 1. The van der Waals surface area contributed by atoms with Crippen molar-refractivity contribution in [3.63, 3.8) is 0 Å². The summed E-state index contributed by atoms with van der Waals surface area (Å²) in [7, 11) is 0. The molecule has 0 aromatic rings. The summed E-state index contributed by atoms with van der Waals surface area (Å²) in [6.45, 7) is 3.90. The molecule has 96 valence electrons. The number of carbonyl (C=O) groups is 1. The van der Waals surface area contributed by atoms with Crippen molar-refractivity contribution in [1.29, 1.82) is 0 Å². The molecule has 0 rings (SSSR count). The topological polar surface area (TPSA) is 95.6 Å². The molecule has 1 amide bonds. The number of nitrogens with two attached hydrogens (primary N) is 1. The number of hydrogen-bond acceptors (Lipinski definition) is 4. The Hall–Kier alpha value is -0.650. The predicted octanol–water partition coefficient (Wildman–Crippen LogP) is 0.162. The molecule has 0 fully saturated rings. The number of rotatable bonds is 8. The second-order valence-corrected chi connectivity index (χ2v) is 4.21. The first-order valence-electron chi connectivity index (χ1n) is 5.86. The second-order valence-electron chi connectivity index (χ2n) is 4.21. The predicted molar refractivity (Wildman–Crippen MR) is 62.2 cm³/mol. The van der Waals surface area contributed by atoms with Crippen molar-refractivity contribution in [3.05, 3.63) is 0 Å². The first kappa shape index (κ1) is 15.3. The molecule has 0 aliphatic heterocycles. The zero-order valence-corrected chi connectivity index (χ0v) is 10.1. The van der Waals surface area contributed by atoms with Gasteiger partial charge in [0.15, 0.2) is 6.29 Å². The normalized spacial score (nSPS) is 14.9. The highest BCUT2D eigenvalue weighted by Gasteiger charge is 2.22. The van der Waals surface area contributed by atoms with Gasteiger partial charge in [0.1, 0.15) is 0 Å². The van der Waals surface area contributed by atoms with Gasteiger partial charge < -0.3 is 21.3 Å². The zero-order chi connectivity index (χ0) is 12.6. The monoisotopic (exact) mass is 232 g/mol. The summed E-state index contributed by atoms with van der Waals surface area (Å²) in [4.78, 5) is 11.7. The number of amides is 1. The van der Waals surface area contributed by atoms with E-state index in [-0.39, 0.29) is 24.4 Å². The van der Waals surface area contributed by atoms with E-state index < -0.39 is 6.29 Å². The summed E-state index contributed by atoms with van der Waals surface area (Å²) in [6.07, 6.45) is 1.84. The van der Waals surface area contributed by atoms with Crippen molar-refractivity contribution < 1.29 is 15.0 Å². The molecule has 5 heteroatoms. The minimum absolute atomic E-state index is 0.0940. The van der Waals surface area contributed by atoms with Crippen molar-refractivity contribution in [3.8, 4) is 0 Å². The fourth-order valence-corrected chi connectivity index (χ4v) is 1.62. The van der Waals surface area contributed by atoms with Crippen molar-refractivity contribution in [2.24, 2.45) is 17.6 Å². The maximum absolute atomic E-state index is 11.7. The Morgan fingerprint density at radius 1 is 1.44 bits per heavy atom. The molecule has 0 saturated heterocycles. The van der Waals surface area contributed by atoms with Gasteiger partial charge in [-0.1, -0.05) is 26.7 Å². The molecule has 2 atom stereocenters. The van der Waals surface area contributed by atoms with E-state index in [4.69, 9.17) is 15.9 Å². The SMILES string of the molecule is CCCCC(CC(C)C(O)O)C(=O)NCN. The number of unbranched alkanes of at least 4 members (excludes halogenated alkanes) is 1. The third kappa shape index (κ3) is 6.05. The molecule has 0 bridgehead atoms. The summed E-state index contributed by atoms with van der Waals surface area (Å²) in [6, 6.07) is 0. The molecule has 0 aromatic heterocycles. The molecule has 0 spiro atoms. The second kappa shape index (κ2) is 8.50. The first-order chi connectivity index (χ1) is 7.52. The zero-order valence-electron chi connectivity index (χ0n) is 10.1. The standard InChI is InChI=1S/C11H24N2O3/c1-3-4-5-9(10(14)13-7-12)6-8(2)11(15)16/h8-9,11,15-16H,3-7,12H2,1-2H3,(H,13,14). The van der Waals surface area contributed by atoms with E-state index in [0.717, 1.165) is 19.3 Å². The minimum atomic E-state index is -1.37. The Bertz CT molecular complexity index is 198. The van der Waals surface area contributed by atoms with Gasteiger partial charge in [-0.25, -0.2) is 0 Å². The maximum Gasteiger partial charge on any atom is 0.224 e. The van der Waals surface area contributed by atoms with Gasteiger partial charge in [0.2, 0.25) is 5.91 Å². The third-order valence-electron chi connectivity index (χ3n) is 2.72. The fourth-order valence-electron chi connectivity index (χ4n) is 1.62. The third-order valence-corrected chi connectivity index (χ3v) is 2.72. The molecular weight excluding hydrogens is 208 g/mol. The van der Waals surface area contributed by atoms with Crippen LogP contribution < -0.4 is 11.1 Å². The van der Waals surface area contributed by atoms with Crippen LogP contribution in [-0.2, 0) is 4.79 Å². The summed E-state index contributed by atoms with van der Waals surface area (Å²) in [5.41, 5.74) is 5.26. The van der Waals surface area contributed by atoms with Gasteiger partial charge in [-0.3, -0.25) is 4.79 Å². The smallest absolute Gasteiger partial charge is 0.224 e. The molecule has 0 saturated carbocycles. The van der Waals surface area contributed by atoms with E-state index in [0.29, 0.717) is 6.42 Å². The van der Waals surface area contributed by atoms with Gasteiger partial charge in [-0.05, 0) is 12.8 Å². The van der Waals surface area contributed by atoms with Crippen LogP contribution in [0.5, 0.6) is 0 Å². The van der Waals surface area contributed by atoms with E-state index >= 15 is 0 Å². The summed E-state index contributed by atoms with van der Waals surface area (Å²) in [5, 5.41) is 20.6. The van der Waals surface area contributed by atoms with E-state index in [1.54, 1.807) is 6.92 Å². The van der Waals surface area contributed by atoms with Gasteiger partial charge in [0.05, 0.1) is 6.67 Å². The average Bonchev–Trinajstić information content (AvgIpc) is 2.23. The summed E-state index contributed by atoms with van der Waals surface area (Å²) >= 11 is 0. The van der Waals surface area contributed by atoms with Crippen LogP contribution in [0, 0.1) is 11.8 Å². The molecule has 5 nitrogen and oxygen atoms in total. The largest absolute Gasteiger partial charge is 0.368 e. The van der Waals surface area contributed by atoms with E-state index in [9.17, 15) is 4.79 Å². The molecule has 0 aliphatic carbocycles. The van der Waals surface area contributed by atoms with Crippen LogP contribution in [0.3, 0.4) is 0 Å². The molecule has 16 heavy (non-hydrogen) atoms. The number of hydrogen-bond donors (Lipinski definition) is 4. The minimum Gasteiger partial charge on any atom is -0.368 e. The number of aliphatic hydroxyl groups excluding tert-OH is 1. The lowest BCUT2D eigenvalue weighted by atomic mass is 9.90. The van der Waals surface area contributed by atoms with Gasteiger partial charge in [-0.2, -0.15) is 0 Å². The van der Waals surface area contributed by atoms with Crippen molar-refractivity contribution in [2.45, 2.75) is 45.8 Å². The van der Waals surface area contributed by atoms with E-state index in [2.05, 4.69) is 12.2 Å². The van der Waals surface area contributed by atoms with Crippen LogP contribution in [0.4, 0.5) is 0 Å². The Kier molecular flexibility index (Phi) is 8.15. The molecule has 0 heterocycles. The molecule has 2 unspecified atom stereocenters. The Balaban J connectivity index is 4.24. The van der Waals surface area contributed by atoms with Crippen LogP contribution in [0.2, 0.25) is 0 Å².